The van der Waals surface area contributed by atoms with Crippen molar-refractivity contribution in [2.45, 2.75) is 12.7 Å². The van der Waals surface area contributed by atoms with Gasteiger partial charge in [-0.25, -0.2) is 9.37 Å². The van der Waals surface area contributed by atoms with E-state index in [0.29, 0.717) is 16.9 Å². The fraction of sp³-hybridized carbons (Fsp3) is 0.167. The first-order valence-electron chi connectivity index (χ1n) is 5.63. The number of anilines is 1. The van der Waals surface area contributed by atoms with Crippen LogP contribution < -0.4 is 11.1 Å². The predicted molar refractivity (Wildman–Crippen MR) is 69.1 cm³/mol. The number of rotatable bonds is 3. The number of nitrogens with one attached hydrogen (secondary N) is 1. The van der Waals surface area contributed by atoms with Gasteiger partial charge in [-0.2, -0.15) is 13.2 Å². The number of benzene rings is 1. The van der Waals surface area contributed by atoms with Crippen molar-refractivity contribution < 1.29 is 22.4 Å². The molecule has 21 heavy (non-hydrogen) atoms. The molecule has 0 aliphatic heterocycles. The molecule has 3 N–H and O–H groups in total. The van der Waals surface area contributed by atoms with Crippen molar-refractivity contribution in [1.82, 2.24) is 10.3 Å². The van der Waals surface area contributed by atoms with Gasteiger partial charge in [0.2, 0.25) is 0 Å². The van der Waals surface area contributed by atoms with Crippen molar-refractivity contribution in [3.05, 3.63) is 46.2 Å². The average Bonchev–Trinajstić information content (AvgIpc) is 2.78. The predicted octanol–water partition coefficient (Wildman–Crippen LogP) is 2.81. The Morgan fingerprint density at radius 1 is 1.38 bits per heavy atom. The molecule has 9 heteroatoms. The van der Waals surface area contributed by atoms with E-state index in [1.54, 1.807) is 0 Å². The van der Waals surface area contributed by atoms with Crippen LogP contribution in [-0.2, 0) is 12.7 Å². The van der Waals surface area contributed by atoms with Crippen LogP contribution in [-0.4, -0.2) is 10.9 Å². The number of amides is 1. The van der Waals surface area contributed by atoms with Crippen molar-refractivity contribution >= 4 is 22.4 Å². The molecule has 0 spiro atoms. The maximum absolute atomic E-state index is 13.0. The Bertz CT molecular complexity index is 669. The van der Waals surface area contributed by atoms with Gasteiger partial charge in [0.05, 0.1) is 0 Å². The average molecular weight is 319 g/mol. The van der Waals surface area contributed by atoms with Crippen LogP contribution in [0.3, 0.4) is 0 Å². The Morgan fingerprint density at radius 2 is 2.10 bits per heavy atom. The summed E-state index contributed by atoms with van der Waals surface area (Å²) in [5, 5.41) is 1.93. The monoisotopic (exact) mass is 319 g/mol. The summed E-state index contributed by atoms with van der Waals surface area (Å²) in [7, 11) is 0. The van der Waals surface area contributed by atoms with Gasteiger partial charge in [0.25, 0.3) is 5.91 Å². The van der Waals surface area contributed by atoms with Crippen LogP contribution in [0.4, 0.5) is 22.7 Å². The Hall–Kier alpha value is -2.16. The number of nitrogens with two attached hydrogens (primary N) is 1. The summed E-state index contributed by atoms with van der Waals surface area (Å²) in [5.74, 6) is -1.46. The van der Waals surface area contributed by atoms with Gasteiger partial charge in [-0.05, 0) is 17.7 Å². The van der Waals surface area contributed by atoms with Crippen LogP contribution in [0.2, 0.25) is 0 Å². The third-order valence-corrected chi connectivity index (χ3v) is 3.34. The SMILES string of the molecule is Nc1nc(C(F)(F)F)c(C(=O)NCc2cccc(F)c2)s1. The quantitative estimate of drug-likeness (QED) is 0.855. The van der Waals surface area contributed by atoms with Crippen LogP contribution in [0.25, 0.3) is 0 Å². The van der Waals surface area contributed by atoms with Crippen LogP contribution in [0.15, 0.2) is 24.3 Å². The minimum absolute atomic E-state index is 0.105. The fourth-order valence-electron chi connectivity index (χ4n) is 1.59. The zero-order valence-electron chi connectivity index (χ0n) is 10.4. The molecule has 4 nitrogen and oxygen atoms in total. The Kier molecular flexibility index (Phi) is 4.12. The van der Waals surface area contributed by atoms with E-state index < -0.39 is 28.5 Å². The number of aromatic nitrogens is 1. The number of hydrogen-bond acceptors (Lipinski definition) is 4. The topological polar surface area (TPSA) is 68.0 Å². The summed E-state index contributed by atoms with van der Waals surface area (Å²) in [6, 6.07) is 5.36. The lowest BCUT2D eigenvalue weighted by molar-refractivity contribution is -0.141. The number of hydrogen-bond donors (Lipinski definition) is 2. The Morgan fingerprint density at radius 3 is 2.71 bits per heavy atom. The number of halogens is 4. The van der Waals surface area contributed by atoms with E-state index in [4.69, 9.17) is 5.73 Å². The summed E-state index contributed by atoms with van der Waals surface area (Å²) < 4.78 is 51.0. The van der Waals surface area contributed by atoms with E-state index in [0.717, 1.165) is 0 Å². The molecule has 112 valence electrons. The highest BCUT2D eigenvalue weighted by Crippen LogP contribution is 2.35. The number of thiazole rings is 1. The van der Waals surface area contributed by atoms with Crippen molar-refractivity contribution in [1.29, 1.82) is 0 Å². The van der Waals surface area contributed by atoms with Gasteiger partial charge in [-0.15, -0.1) is 0 Å². The third-order valence-electron chi connectivity index (χ3n) is 2.46. The van der Waals surface area contributed by atoms with Gasteiger partial charge in [-0.1, -0.05) is 23.5 Å². The molecular weight excluding hydrogens is 310 g/mol. The molecule has 1 heterocycles. The number of carbonyl (C=O) groups excluding carboxylic acids is 1. The lowest BCUT2D eigenvalue weighted by Gasteiger charge is -2.07. The molecule has 0 bridgehead atoms. The van der Waals surface area contributed by atoms with E-state index in [1.165, 1.54) is 24.3 Å². The Labute approximate surface area is 120 Å². The van der Waals surface area contributed by atoms with Gasteiger partial charge < -0.3 is 11.1 Å². The van der Waals surface area contributed by atoms with Gasteiger partial charge in [0.15, 0.2) is 10.8 Å². The summed E-state index contributed by atoms with van der Waals surface area (Å²) in [6.07, 6.45) is -4.76. The molecule has 0 fully saturated rings. The first-order chi connectivity index (χ1) is 9.77. The minimum Gasteiger partial charge on any atom is -0.375 e. The minimum atomic E-state index is -4.76. The maximum Gasteiger partial charge on any atom is 0.435 e. The highest BCUT2D eigenvalue weighted by atomic mass is 32.1. The fourth-order valence-corrected chi connectivity index (χ4v) is 2.36. The highest BCUT2D eigenvalue weighted by molar-refractivity contribution is 7.17. The molecule has 0 radical (unpaired) electrons. The second-order valence-electron chi connectivity index (χ2n) is 4.04. The molecule has 1 amide bonds. The highest BCUT2D eigenvalue weighted by Gasteiger charge is 2.39. The Balaban J connectivity index is 2.14. The van der Waals surface area contributed by atoms with Gasteiger partial charge >= 0.3 is 6.18 Å². The normalized spacial score (nSPS) is 11.4. The van der Waals surface area contributed by atoms with E-state index in [9.17, 15) is 22.4 Å². The molecule has 2 aromatic rings. The summed E-state index contributed by atoms with van der Waals surface area (Å²) in [6.45, 7) is -0.105. The number of nitrogens with zero attached hydrogens (tertiary/aromatic N) is 1. The van der Waals surface area contributed by atoms with E-state index in [2.05, 4.69) is 10.3 Å². The van der Waals surface area contributed by atoms with Crippen LogP contribution in [0.1, 0.15) is 20.9 Å². The molecule has 1 aromatic heterocycles. The first-order valence-corrected chi connectivity index (χ1v) is 6.45. The molecule has 0 aliphatic rings. The van der Waals surface area contributed by atoms with Gasteiger partial charge in [-0.3, -0.25) is 4.79 Å². The number of alkyl halides is 3. The van der Waals surface area contributed by atoms with Crippen LogP contribution in [0, 0.1) is 5.82 Å². The number of nitrogen functional groups attached to an aromatic ring is 1. The van der Waals surface area contributed by atoms with E-state index >= 15 is 0 Å². The molecular formula is C12H9F4N3OS. The second kappa shape index (κ2) is 5.68. The molecule has 0 aliphatic carbocycles. The zero-order chi connectivity index (χ0) is 15.6. The van der Waals surface area contributed by atoms with E-state index in [-0.39, 0.29) is 11.7 Å². The first kappa shape index (κ1) is 15.2. The summed E-state index contributed by atoms with van der Waals surface area (Å²) >= 11 is 0.448. The van der Waals surface area contributed by atoms with Gasteiger partial charge in [0.1, 0.15) is 10.7 Å². The lowest BCUT2D eigenvalue weighted by atomic mass is 10.2. The molecule has 0 saturated carbocycles. The largest absolute Gasteiger partial charge is 0.435 e. The van der Waals surface area contributed by atoms with Crippen molar-refractivity contribution in [2.75, 3.05) is 5.73 Å². The van der Waals surface area contributed by atoms with Crippen LogP contribution in [0.5, 0.6) is 0 Å². The van der Waals surface area contributed by atoms with Gasteiger partial charge in [0, 0.05) is 6.54 Å². The second-order valence-corrected chi connectivity index (χ2v) is 5.07. The van der Waals surface area contributed by atoms with Crippen molar-refractivity contribution in [2.24, 2.45) is 0 Å². The molecule has 1 aromatic carbocycles. The molecule has 0 unspecified atom stereocenters. The maximum atomic E-state index is 13.0. The smallest absolute Gasteiger partial charge is 0.375 e. The third kappa shape index (κ3) is 3.69. The lowest BCUT2D eigenvalue weighted by Crippen LogP contribution is -2.24. The number of carbonyl (C=O) groups is 1. The summed E-state index contributed by atoms with van der Waals surface area (Å²) in [4.78, 5) is 14.3. The standard InChI is InChI=1S/C12H9F4N3OS/c13-7-3-1-2-6(4-7)5-18-10(20)8-9(12(14,15)16)19-11(17)21-8/h1-4H,5H2,(H2,17,19)(H,18,20). The van der Waals surface area contributed by atoms with E-state index in [1.807, 2.05) is 0 Å². The molecule has 0 atom stereocenters. The zero-order valence-corrected chi connectivity index (χ0v) is 11.2. The van der Waals surface area contributed by atoms with Crippen molar-refractivity contribution in [3.63, 3.8) is 0 Å². The molecule has 0 saturated heterocycles. The van der Waals surface area contributed by atoms with Crippen molar-refractivity contribution in [3.8, 4) is 0 Å². The summed E-state index contributed by atoms with van der Waals surface area (Å²) in [5.41, 5.74) is 4.33. The molecule has 2 rings (SSSR count). The van der Waals surface area contributed by atoms with Crippen LogP contribution >= 0.6 is 11.3 Å².